The largest absolute Gasteiger partial charge is 0.457 e. The molecule has 0 atom stereocenters. The maximum Gasteiger partial charge on any atom is 0.178 e. The average Bonchev–Trinajstić information content (AvgIpc) is 2.88. The van der Waals surface area contributed by atoms with Gasteiger partial charge < -0.3 is 35.8 Å². The standard InChI is InChI=1S/C26H26N6O5/c1-3-32(4-2)19-5-6-23(22(29)12-19)30-31-24-17(13-27)10-21(11-18(24)14-28)37-20-8-15(25(33)34)7-16(9-20)26(35)36/h5-12,25-26,33-36H,3-4,29H2,1-2H3. The summed E-state index contributed by atoms with van der Waals surface area (Å²) in [5.41, 5.74) is 7.78. The molecule has 0 aliphatic rings. The van der Waals surface area contributed by atoms with E-state index in [-0.39, 0.29) is 39.4 Å². The van der Waals surface area contributed by atoms with Gasteiger partial charge in [-0.1, -0.05) is 0 Å². The van der Waals surface area contributed by atoms with Crippen LogP contribution in [0.15, 0.2) is 58.8 Å². The first kappa shape index (κ1) is 27.1. The Hall–Kier alpha value is -4.52. The van der Waals surface area contributed by atoms with Gasteiger partial charge in [0.2, 0.25) is 0 Å². The molecule has 0 fully saturated rings. The third kappa shape index (κ3) is 6.38. The molecular weight excluding hydrogens is 476 g/mol. The van der Waals surface area contributed by atoms with Gasteiger partial charge in [-0.2, -0.15) is 10.5 Å². The van der Waals surface area contributed by atoms with Crippen LogP contribution >= 0.6 is 0 Å². The first-order chi connectivity index (χ1) is 17.7. The van der Waals surface area contributed by atoms with Crippen LogP contribution in [-0.4, -0.2) is 33.5 Å². The minimum absolute atomic E-state index is 0.00287. The molecular formula is C26H26N6O5. The summed E-state index contributed by atoms with van der Waals surface area (Å²) in [4.78, 5) is 2.12. The smallest absolute Gasteiger partial charge is 0.178 e. The summed E-state index contributed by atoms with van der Waals surface area (Å²) < 4.78 is 5.70. The zero-order valence-corrected chi connectivity index (χ0v) is 20.2. The monoisotopic (exact) mass is 502 g/mol. The summed E-state index contributed by atoms with van der Waals surface area (Å²) in [5, 5.41) is 65.5. The van der Waals surface area contributed by atoms with Crippen LogP contribution in [0.3, 0.4) is 0 Å². The van der Waals surface area contributed by atoms with E-state index in [0.29, 0.717) is 11.4 Å². The zero-order chi connectivity index (χ0) is 27.1. The number of aliphatic hydroxyl groups is 4. The van der Waals surface area contributed by atoms with Crippen LogP contribution in [0.2, 0.25) is 0 Å². The Kier molecular flexibility index (Phi) is 8.74. The minimum Gasteiger partial charge on any atom is -0.457 e. The molecule has 0 amide bonds. The highest BCUT2D eigenvalue weighted by Crippen LogP contribution is 2.35. The number of rotatable bonds is 9. The Labute approximate surface area is 213 Å². The molecule has 6 N–H and O–H groups in total. The van der Waals surface area contributed by atoms with Crippen molar-refractivity contribution in [3.8, 4) is 23.6 Å². The molecule has 0 bridgehead atoms. The van der Waals surface area contributed by atoms with Gasteiger partial charge >= 0.3 is 0 Å². The first-order valence-electron chi connectivity index (χ1n) is 11.3. The highest BCUT2D eigenvalue weighted by molar-refractivity contribution is 5.70. The fourth-order valence-corrected chi connectivity index (χ4v) is 3.61. The van der Waals surface area contributed by atoms with Crippen molar-refractivity contribution in [3.63, 3.8) is 0 Å². The lowest BCUT2D eigenvalue weighted by atomic mass is 10.1. The fraction of sp³-hybridized carbons (Fsp3) is 0.231. The molecule has 3 aromatic carbocycles. The van der Waals surface area contributed by atoms with Gasteiger partial charge in [-0.05, 0) is 50.2 Å². The third-order valence-corrected chi connectivity index (χ3v) is 5.50. The number of benzene rings is 3. The van der Waals surface area contributed by atoms with E-state index in [1.165, 1.54) is 30.3 Å². The summed E-state index contributed by atoms with van der Waals surface area (Å²) in [7, 11) is 0. The summed E-state index contributed by atoms with van der Waals surface area (Å²) >= 11 is 0. The number of nitrogens with zero attached hydrogens (tertiary/aromatic N) is 5. The Morgan fingerprint density at radius 1 is 0.838 bits per heavy atom. The SMILES string of the molecule is CCN(CC)c1ccc(N=Nc2c(C#N)cc(Oc3cc(C(O)O)cc(C(O)O)c3)cc2C#N)c(N)c1. The van der Waals surface area contributed by atoms with E-state index in [9.17, 15) is 30.9 Å². The van der Waals surface area contributed by atoms with E-state index < -0.39 is 12.6 Å². The van der Waals surface area contributed by atoms with Crippen LogP contribution in [0.25, 0.3) is 0 Å². The number of ether oxygens (including phenoxy) is 1. The van der Waals surface area contributed by atoms with Crippen LogP contribution in [0.1, 0.15) is 48.7 Å². The normalized spacial score (nSPS) is 11.1. The van der Waals surface area contributed by atoms with Crippen LogP contribution in [0.4, 0.5) is 22.7 Å². The summed E-state index contributed by atoms with van der Waals surface area (Å²) in [6, 6.07) is 15.7. The number of anilines is 2. The first-order valence-corrected chi connectivity index (χ1v) is 11.3. The Morgan fingerprint density at radius 2 is 1.38 bits per heavy atom. The van der Waals surface area contributed by atoms with E-state index in [2.05, 4.69) is 15.1 Å². The lowest BCUT2D eigenvalue weighted by Crippen LogP contribution is -2.21. The van der Waals surface area contributed by atoms with Crippen molar-refractivity contribution in [2.45, 2.75) is 26.4 Å². The van der Waals surface area contributed by atoms with Gasteiger partial charge in [0.25, 0.3) is 0 Å². The molecule has 0 spiro atoms. The number of nitriles is 2. The molecule has 0 aliphatic heterocycles. The predicted molar refractivity (Wildman–Crippen MR) is 135 cm³/mol. The van der Waals surface area contributed by atoms with Gasteiger partial charge in [0.05, 0.1) is 16.8 Å². The minimum atomic E-state index is -1.89. The molecule has 0 unspecified atom stereocenters. The number of aliphatic hydroxyl groups excluding tert-OH is 2. The second-order valence-electron chi connectivity index (χ2n) is 7.89. The van der Waals surface area contributed by atoms with Crippen molar-refractivity contribution < 1.29 is 25.2 Å². The Morgan fingerprint density at radius 3 is 1.84 bits per heavy atom. The van der Waals surface area contributed by atoms with Crippen molar-refractivity contribution in [2.24, 2.45) is 10.2 Å². The number of nitrogens with two attached hydrogens (primary N) is 1. The van der Waals surface area contributed by atoms with E-state index >= 15 is 0 Å². The molecule has 3 rings (SSSR count). The average molecular weight is 503 g/mol. The van der Waals surface area contributed by atoms with Gasteiger partial charge in [0.1, 0.15) is 35.0 Å². The highest BCUT2D eigenvalue weighted by atomic mass is 16.5. The molecule has 11 heteroatoms. The molecule has 37 heavy (non-hydrogen) atoms. The van der Waals surface area contributed by atoms with Crippen LogP contribution < -0.4 is 15.4 Å². The Bertz CT molecular complexity index is 1330. The molecule has 3 aromatic rings. The van der Waals surface area contributed by atoms with Crippen molar-refractivity contribution in [2.75, 3.05) is 23.7 Å². The Balaban J connectivity index is 1.97. The number of nitrogen functional groups attached to an aromatic ring is 1. The second-order valence-corrected chi connectivity index (χ2v) is 7.89. The van der Waals surface area contributed by atoms with E-state index in [0.717, 1.165) is 18.8 Å². The molecule has 0 saturated heterocycles. The number of hydrogen-bond acceptors (Lipinski definition) is 11. The number of hydrogen-bond donors (Lipinski definition) is 5. The van der Waals surface area contributed by atoms with Gasteiger partial charge in [0.15, 0.2) is 12.6 Å². The predicted octanol–water partition coefficient (Wildman–Crippen LogP) is 4.03. The molecule has 0 radical (unpaired) electrons. The van der Waals surface area contributed by atoms with E-state index in [1.807, 2.05) is 32.1 Å². The third-order valence-electron chi connectivity index (χ3n) is 5.50. The zero-order valence-electron chi connectivity index (χ0n) is 20.2. The second kappa shape index (κ2) is 11.9. The van der Waals surface area contributed by atoms with Crippen molar-refractivity contribution in [3.05, 3.63) is 70.8 Å². The molecule has 0 aromatic heterocycles. The van der Waals surface area contributed by atoms with Gasteiger partial charge in [0, 0.05) is 42.0 Å². The van der Waals surface area contributed by atoms with Crippen molar-refractivity contribution >= 4 is 22.7 Å². The molecule has 0 aliphatic carbocycles. The summed E-state index contributed by atoms with van der Waals surface area (Å²) in [6.07, 6.45) is -3.77. The molecule has 190 valence electrons. The highest BCUT2D eigenvalue weighted by Gasteiger charge is 2.16. The quantitative estimate of drug-likeness (QED) is 0.163. The fourth-order valence-electron chi connectivity index (χ4n) is 3.61. The topological polar surface area (TPSA) is 192 Å². The van der Waals surface area contributed by atoms with Gasteiger partial charge in [-0.3, -0.25) is 0 Å². The summed E-state index contributed by atoms with van der Waals surface area (Å²) in [5.74, 6) is 0.0926. The van der Waals surface area contributed by atoms with Crippen molar-refractivity contribution in [1.29, 1.82) is 10.5 Å². The molecule has 0 saturated carbocycles. The van der Waals surface area contributed by atoms with Crippen LogP contribution in [0.5, 0.6) is 11.5 Å². The van der Waals surface area contributed by atoms with Gasteiger partial charge in [-0.25, -0.2) is 0 Å². The van der Waals surface area contributed by atoms with E-state index in [4.69, 9.17) is 10.5 Å². The molecule has 11 nitrogen and oxygen atoms in total. The van der Waals surface area contributed by atoms with Crippen LogP contribution in [0, 0.1) is 22.7 Å². The van der Waals surface area contributed by atoms with E-state index in [1.54, 1.807) is 12.1 Å². The summed E-state index contributed by atoms with van der Waals surface area (Å²) in [6.45, 7) is 5.70. The number of azo groups is 1. The van der Waals surface area contributed by atoms with Gasteiger partial charge in [-0.15, -0.1) is 10.2 Å². The van der Waals surface area contributed by atoms with Crippen LogP contribution in [-0.2, 0) is 0 Å². The lowest BCUT2D eigenvalue weighted by Gasteiger charge is -2.21. The van der Waals surface area contributed by atoms with Crippen molar-refractivity contribution in [1.82, 2.24) is 0 Å². The maximum atomic E-state index is 9.69. The molecule has 0 heterocycles. The lowest BCUT2D eigenvalue weighted by molar-refractivity contribution is -0.0476. The maximum absolute atomic E-state index is 9.69.